The monoisotopic (exact) mass is 245 g/mol. The number of ether oxygens (including phenoxy) is 1. The molecule has 1 saturated heterocycles. The molecule has 0 unspecified atom stereocenters. The molecule has 2 rings (SSSR count). The van der Waals surface area contributed by atoms with Crippen molar-refractivity contribution < 1.29 is 4.74 Å². The SMILES string of the molecule is Cc1nnn(C2CCOCC2)c1Br. The molecule has 0 atom stereocenters. The van der Waals surface area contributed by atoms with Crippen LogP contribution in [0.2, 0.25) is 0 Å². The van der Waals surface area contributed by atoms with Crippen molar-refractivity contribution in [2.45, 2.75) is 25.8 Å². The van der Waals surface area contributed by atoms with Crippen LogP contribution in [0.15, 0.2) is 4.60 Å². The standard InChI is InChI=1S/C8H12BrN3O/c1-6-8(9)12(11-10-6)7-2-4-13-5-3-7/h7H,2-5H2,1H3. The summed E-state index contributed by atoms with van der Waals surface area (Å²) in [4.78, 5) is 0. The van der Waals surface area contributed by atoms with Gasteiger partial charge in [0.2, 0.25) is 0 Å². The van der Waals surface area contributed by atoms with Gasteiger partial charge in [-0.25, -0.2) is 4.68 Å². The summed E-state index contributed by atoms with van der Waals surface area (Å²) < 4.78 is 8.25. The summed E-state index contributed by atoms with van der Waals surface area (Å²) in [5.41, 5.74) is 0.950. The van der Waals surface area contributed by atoms with Crippen LogP contribution in [0.3, 0.4) is 0 Å². The van der Waals surface area contributed by atoms with E-state index < -0.39 is 0 Å². The van der Waals surface area contributed by atoms with Crippen molar-refractivity contribution in [2.24, 2.45) is 0 Å². The van der Waals surface area contributed by atoms with E-state index in [9.17, 15) is 0 Å². The lowest BCUT2D eigenvalue weighted by Gasteiger charge is -2.22. The first-order chi connectivity index (χ1) is 6.29. The lowest BCUT2D eigenvalue weighted by atomic mass is 10.1. The predicted octanol–water partition coefficient (Wildman–Crippen LogP) is 1.70. The highest BCUT2D eigenvalue weighted by Gasteiger charge is 2.19. The molecular formula is C8H12BrN3O. The van der Waals surface area contributed by atoms with Crippen molar-refractivity contribution in [1.29, 1.82) is 0 Å². The first-order valence-electron chi connectivity index (χ1n) is 4.44. The van der Waals surface area contributed by atoms with Gasteiger partial charge in [0.25, 0.3) is 0 Å². The molecule has 0 N–H and O–H groups in total. The molecular weight excluding hydrogens is 234 g/mol. The van der Waals surface area contributed by atoms with E-state index in [4.69, 9.17) is 4.74 Å². The number of rotatable bonds is 1. The van der Waals surface area contributed by atoms with E-state index in [-0.39, 0.29) is 0 Å². The molecule has 1 aliphatic rings. The van der Waals surface area contributed by atoms with Crippen LogP contribution in [-0.4, -0.2) is 28.2 Å². The summed E-state index contributed by atoms with van der Waals surface area (Å²) in [6, 6.07) is 0.448. The highest BCUT2D eigenvalue weighted by molar-refractivity contribution is 9.10. The molecule has 13 heavy (non-hydrogen) atoms. The predicted molar refractivity (Wildman–Crippen MR) is 51.5 cm³/mol. The second-order valence-corrected chi connectivity index (χ2v) is 4.00. The van der Waals surface area contributed by atoms with Gasteiger partial charge in [-0.2, -0.15) is 0 Å². The van der Waals surface area contributed by atoms with Crippen molar-refractivity contribution in [1.82, 2.24) is 15.0 Å². The zero-order chi connectivity index (χ0) is 9.26. The van der Waals surface area contributed by atoms with Gasteiger partial charge < -0.3 is 4.74 Å². The van der Waals surface area contributed by atoms with Gasteiger partial charge in [-0.1, -0.05) is 5.21 Å². The molecule has 0 aromatic carbocycles. The maximum Gasteiger partial charge on any atom is 0.127 e. The van der Waals surface area contributed by atoms with Crippen LogP contribution in [0.1, 0.15) is 24.6 Å². The molecule has 0 saturated carbocycles. The van der Waals surface area contributed by atoms with Gasteiger partial charge in [0.1, 0.15) is 4.60 Å². The number of nitrogens with zero attached hydrogens (tertiary/aromatic N) is 3. The number of aryl methyl sites for hydroxylation is 1. The third-order valence-electron chi connectivity index (χ3n) is 2.33. The van der Waals surface area contributed by atoms with Crippen LogP contribution in [0.4, 0.5) is 0 Å². The molecule has 2 heterocycles. The second-order valence-electron chi connectivity index (χ2n) is 3.25. The summed E-state index contributed by atoms with van der Waals surface area (Å²) in [5.74, 6) is 0. The number of halogens is 1. The normalized spacial score (nSPS) is 19.2. The van der Waals surface area contributed by atoms with Crippen molar-refractivity contribution >= 4 is 15.9 Å². The zero-order valence-corrected chi connectivity index (χ0v) is 9.12. The van der Waals surface area contributed by atoms with Crippen molar-refractivity contribution in [2.75, 3.05) is 13.2 Å². The molecule has 72 valence electrons. The maximum absolute atomic E-state index is 5.29. The van der Waals surface area contributed by atoms with E-state index in [2.05, 4.69) is 26.2 Å². The summed E-state index contributed by atoms with van der Waals surface area (Å²) in [7, 11) is 0. The molecule has 1 fully saturated rings. The Morgan fingerprint density at radius 2 is 2.15 bits per heavy atom. The molecule has 0 spiro atoms. The maximum atomic E-state index is 5.29. The molecule has 1 aliphatic heterocycles. The van der Waals surface area contributed by atoms with Gasteiger partial charge in [0.05, 0.1) is 11.7 Å². The Balaban J connectivity index is 2.18. The fraction of sp³-hybridized carbons (Fsp3) is 0.750. The Hall–Kier alpha value is -0.420. The van der Waals surface area contributed by atoms with Gasteiger partial charge in [0.15, 0.2) is 0 Å². The van der Waals surface area contributed by atoms with Crippen LogP contribution < -0.4 is 0 Å². The summed E-state index contributed by atoms with van der Waals surface area (Å²) in [6.07, 6.45) is 2.06. The number of aromatic nitrogens is 3. The fourth-order valence-corrected chi connectivity index (χ4v) is 1.96. The van der Waals surface area contributed by atoms with Crippen LogP contribution >= 0.6 is 15.9 Å². The zero-order valence-electron chi connectivity index (χ0n) is 7.53. The van der Waals surface area contributed by atoms with E-state index in [1.807, 2.05) is 11.6 Å². The minimum atomic E-state index is 0.448. The highest BCUT2D eigenvalue weighted by Crippen LogP contribution is 2.24. The van der Waals surface area contributed by atoms with Gasteiger partial charge in [-0.05, 0) is 35.7 Å². The third-order valence-corrected chi connectivity index (χ3v) is 3.26. The Morgan fingerprint density at radius 1 is 1.46 bits per heavy atom. The average molecular weight is 246 g/mol. The average Bonchev–Trinajstić information content (AvgIpc) is 2.49. The van der Waals surface area contributed by atoms with E-state index in [0.717, 1.165) is 36.4 Å². The van der Waals surface area contributed by atoms with Gasteiger partial charge in [-0.15, -0.1) is 5.10 Å². The molecule has 0 amide bonds. The van der Waals surface area contributed by atoms with E-state index in [1.165, 1.54) is 0 Å². The van der Waals surface area contributed by atoms with Crippen molar-refractivity contribution in [3.63, 3.8) is 0 Å². The van der Waals surface area contributed by atoms with Gasteiger partial charge >= 0.3 is 0 Å². The Morgan fingerprint density at radius 3 is 2.69 bits per heavy atom. The van der Waals surface area contributed by atoms with E-state index in [0.29, 0.717) is 6.04 Å². The third kappa shape index (κ3) is 1.76. The number of hydrogen-bond acceptors (Lipinski definition) is 3. The van der Waals surface area contributed by atoms with Crippen molar-refractivity contribution in [3.05, 3.63) is 10.3 Å². The largest absolute Gasteiger partial charge is 0.381 e. The Kier molecular flexibility index (Phi) is 2.64. The topological polar surface area (TPSA) is 39.9 Å². The highest BCUT2D eigenvalue weighted by atomic mass is 79.9. The Bertz CT molecular complexity index is 294. The summed E-state index contributed by atoms with van der Waals surface area (Å²) in [6.45, 7) is 3.61. The van der Waals surface area contributed by atoms with Crippen LogP contribution in [0.25, 0.3) is 0 Å². The fourth-order valence-electron chi connectivity index (χ4n) is 1.52. The van der Waals surface area contributed by atoms with Crippen LogP contribution in [-0.2, 0) is 4.74 Å². The quantitative estimate of drug-likeness (QED) is 0.757. The minimum absolute atomic E-state index is 0.448. The van der Waals surface area contributed by atoms with E-state index in [1.54, 1.807) is 0 Å². The molecule has 1 aromatic rings. The molecule has 0 bridgehead atoms. The first-order valence-corrected chi connectivity index (χ1v) is 5.23. The minimum Gasteiger partial charge on any atom is -0.381 e. The first kappa shape index (κ1) is 9.15. The van der Waals surface area contributed by atoms with Crippen LogP contribution in [0.5, 0.6) is 0 Å². The molecule has 4 nitrogen and oxygen atoms in total. The lowest BCUT2D eigenvalue weighted by Crippen LogP contribution is -2.20. The summed E-state index contributed by atoms with van der Waals surface area (Å²) >= 11 is 3.48. The smallest absolute Gasteiger partial charge is 0.127 e. The van der Waals surface area contributed by atoms with E-state index >= 15 is 0 Å². The summed E-state index contributed by atoms with van der Waals surface area (Å²) in [5, 5.41) is 8.12. The molecule has 0 aliphatic carbocycles. The Labute approximate surface area is 85.4 Å². The molecule has 0 radical (unpaired) electrons. The van der Waals surface area contributed by atoms with Crippen molar-refractivity contribution in [3.8, 4) is 0 Å². The number of hydrogen-bond donors (Lipinski definition) is 0. The molecule has 1 aromatic heterocycles. The van der Waals surface area contributed by atoms with Gasteiger partial charge in [-0.3, -0.25) is 0 Å². The van der Waals surface area contributed by atoms with Crippen LogP contribution in [0, 0.1) is 6.92 Å². The second kappa shape index (κ2) is 3.75. The van der Waals surface area contributed by atoms with Gasteiger partial charge in [0, 0.05) is 13.2 Å². The molecule has 5 heteroatoms. The lowest BCUT2D eigenvalue weighted by molar-refractivity contribution is 0.0651.